The van der Waals surface area contributed by atoms with Gasteiger partial charge in [-0.25, -0.2) is 0 Å². The lowest BCUT2D eigenvalue weighted by Crippen LogP contribution is -2.19. The highest BCUT2D eigenvalue weighted by molar-refractivity contribution is 8.03. The van der Waals surface area contributed by atoms with Crippen LogP contribution in [0.15, 0.2) is 8.68 Å². The fourth-order valence-electron chi connectivity index (χ4n) is 1.81. The first-order chi connectivity index (χ1) is 7.70. The summed E-state index contributed by atoms with van der Waals surface area (Å²) in [7, 11) is 0. The standard InChI is InChI=1S/C9H12N2O2S3/c1-14-8-10-11-9(16-8)15-6-4-2-3-5(6)7(12)13/h5-6H,2-4H2,1H3,(H,12,13). The monoisotopic (exact) mass is 276 g/mol. The number of hydrogen-bond acceptors (Lipinski definition) is 6. The Bertz CT molecular complexity index is 383. The van der Waals surface area contributed by atoms with E-state index >= 15 is 0 Å². The van der Waals surface area contributed by atoms with Crippen LogP contribution in [0.4, 0.5) is 0 Å². The molecule has 4 nitrogen and oxygen atoms in total. The summed E-state index contributed by atoms with van der Waals surface area (Å²) in [4.78, 5) is 11.0. The highest BCUT2D eigenvalue weighted by atomic mass is 32.2. The van der Waals surface area contributed by atoms with Gasteiger partial charge in [0.05, 0.1) is 5.92 Å². The minimum atomic E-state index is -0.676. The summed E-state index contributed by atoms with van der Waals surface area (Å²) < 4.78 is 1.83. The van der Waals surface area contributed by atoms with Crippen LogP contribution in [0.5, 0.6) is 0 Å². The first-order valence-electron chi connectivity index (χ1n) is 4.97. The first-order valence-corrected chi connectivity index (χ1v) is 7.89. The maximum absolute atomic E-state index is 11.0. The van der Waals surface area contributed by atoms with Gasteiger partial charge in [0.2, 0.25) is 0 Å². The molecule has 0 bridgehead atoms. The van der Waals surface area contributed by atoms with E-state index in [2.05, 4.69) is 10.2 Å². The van der Waals surface area contributed by atoms with Gasteiger partial charge in [-0.1, -0.05) is 41.3 Å². The average molecular weight is 276 g/mol. The van der Waals surface area contributed by atoms with E-state index < -0.39 is 5.97 Å². The molecule has 1 N–H and O–H groups in total. The molecule has 0 saturated heterocycles. The van der Waals surface area contributed by atoms with E-state index in [-0.39, 0.29) is 11.2 Å². The van der Waals surface area contributed by atoms with Crippen molar-refractivity contribution in [3.05, 3.63) is 0 Å². The van der Waals surface area contributed by atoms with Gasteiger partial charge in [-0.3, -0.25) is 4.79 Å². The SMILES string of the molecule is CSc1nnc(SC2CCCC2C(=O)O)s1. The summed E-state index contributed by atoms with van der Waals surface area (Å²) in [5.74, 6) is -0.892. The highest BCUT2D eigenvalue weighted by Crippen LogP contribution is 2.40. The molecule has 0 aliphatic heterocycles. The van der Waals surface area contributed by atoms with Gasteiger partial charge in [-0.15, -0.1) is 10.2 Å². The van der Waals surface area contributed by atoms with E-state index in [9.17, 15) is 4.79 Å². The molecule has 1 aliphatic rings. The van der Waals surface area contributed by atoms with E-state index in [1.165, 1.54) is 0 Å². The Hall–Kier alpha value is -0.270. The molecule has 1 aromatic rings. The molecule has 2 rings (SSSR count). The molecule has 7 heteroatoms. The third-order valence-corrected chi connectivity index (χ3v) is 5.97. The van der Waals surface area contributed by atoms with E-state index in [1.807, 2.05) is 6.26 Å². The predicted molar refractivity (Wildman–Crippen MR) is 66.3 cm³/mol. The number of aromatic nitrogens is 2. The highest BCUT2D eigenvalue weighted by Gasteiger charge is 2.34. The molecule has 1 heterocycles. The van der Waals surface area contributed by atoms with E-state index in [0.717, 1.165) is 27.9 Å². The molecule has 2 unspecified atom stereocenters. The summed E-state index contributed by atoms with van der Waals surface area (Å²) in [5, 5.41) is 17.3. The molecule has 1 aromatic heterocycles. The lowest BCUT2D eigenvalue weighted by molar-refractivity contribution is -0.141. The molecular weight excluding hydrogens is 264 g/mol. The van der Waals surface area contributed by atoms with Crippen molar-refractivity contribution < 1.29 is 9.90 Å². The van der Waals surface area contributed by atoms with Gasteiger partial charge in [0.25, 0.3) is 0 Å². The minimum Gasteiger partial charge on any atom is -0.481 e. The number of nitrogens with zero attached hydrogens (tertiary/aromatic N) is 2. The smallest absolute Gasteiger partial charge is 0.307 e. The molecule has 16 heavy (non-hydrogen) atoms. The largest absolute Gasteiger partial charge is 0.481 e. The topological polar surface area (TPSA) is 63.1 Å². The fourth-order valence-corrected chi connectivity index (χ4v) is 4.82. The molecular formula is C9H12N2O2S3. The second-order valence-electron chi connectivity index (χ2n) is 3.57. The summed E-state index contributed by atoms with van der Waals surface area (Å²) >= 11 is 4.69. The van der Waals surface area contributed by atoms with Crippen LogP contribution in [0, 0.1) is 5.92 Å². The molecule has 1 saturated carbocycles. The van der Waals surface area contributed by atoms with Gasteiger partial charge < -0.3 is 5.11 Å². The van der Waals surface area contributed by atoms with Crippen molar-refractivity contribution in [2.24, 2.45) is 5.92 Å². The lowest BCUT2D eigenvalue weighted by atomic mass is 10.1. The Kier molecular flexibility index (Phi) is 4.10. The third kappa shape index (κ3) is 2.70. The Morgan fingerprint density at radius 3 is 2.81 bits per heavy atom. The zero-order chi connectivity index (χ0) is 11.5. The molecule has 1 fully saturated rings. The van der Waals surface area contributed by atoms with Crippen LogP contribution in [-0.2, 0) is 4.79 Å². The number of aliphatic carboxylic acids is 1. The molecule has 0 amide bonds. The average Bonchev–Trinajstić information content (AvgIpc) is 2.87. The van der Waals surface area contributed by atoms with Crippen molar-refractivity contribution in [3.8, 4) is 0 Å². The van der Waals surface area contributed by atoms with Crippen molar-refractivity contribution in [2.45, 2.75) is 33.2 Å². The van der Waals surface area contributed by atoms with Crippen LogP contribution < -0.4 is 0 Å². The fraction of sp³-hybridized carbons (Fsp3) is 0.667. The second-order valence-corrected chi connectivity index (χ2v) is 7.09. The van der Waals surface area contributed by atoms with Gasteiger partial charge in [-0.05, 0) is 19.1 Å². The van der Waals surface area contributed by atoms with E-state index in [0.29, 0.717) is 0 Å². The third-order valence-electron chi connectivity index (χ3n) is 2.58. The number of carboxylic acids is 1. The minimum absolute atomic E-state index is 0.167. The zero-order valence-corrected chi connectivity index (χ0v) is 11.2. The number of hydrogen-bond donors (Lipinski definition) is 1. The van der Waals surface area contributed by atoms with Crippen LogP contribution in [0.1, 0.15) is 19.3 Å². The number of carbonyl (C=O) groups is 1. The van der Waals surface area contributed by atoms with Crippen molar-refractivity contribution in [1.29, 1.82) is 0 Å². The molecule has 0 radical (unpaired) electrons. The van der Waals surface area contributed by atoms with Crippen molar-refractivity contribution >= 4 is 40.8 Å². The van der Waals surface area contributed by atoms with Gasteiger partial charge >= 0.3 is 5.97 Å². The van der Waals surface area contributed by atoms with Gasteiger partial charge in [0.1, 0.15) is 0 Å². The lowest BCUT2D eigenvalue weighted by Gasteiger charge is -2.12. The van der Waals surface area contributed by atoms with Crippen molar-refractivity contribution in [1.82, 2.24) is 10.2 Å². The van der Waals surface area contributed by atoms with Gasteiger partial charge in [0, 0.05) is 5.25 Å². The normalized spacial score (nSPS) is 24.8. The van der Waals surface area contributed by atoms with Crippen LogP contribution in [0.25, 0.3) is 0 Å². The number of thioether (sulfide) groups is 2. The molecule has 1 aliphatic carbocycles. The van der Waals surface area contributed by atoms with E-state index in [4.69, 9.17) is 5.11 Å². The summed E-state index contributed by atoms with van der Waals surface area (Å²) in [6, 6.07) is 0. The summed E-state index contributed by atoms with van der Waals surface area (Å²) in [5.41, 5.74) is 0. The predicted octanol–water partition coefficient (Wildman–Crippen LogP) is 2.61. The van der Waals surface area contributed by atoms with Crippen molar-refractivity contribution in [2.75, 3.05) is 6.26 Å². The second kappa shape index (κ2) is 5.37. The molecule has 88 valence electrons. The zero-order valence-electron chi connectivity index (χ0n) is 8.75. The summed E-state index contributed by atoms with van der Waals surface area (Å²) in [6.07, 6.45) is 4.73. The molecule has 2 atom stereocenters. The van der Waals surface area contributed by atoms with Crippen LogP contribution in [0.3, 0.4) is 0 Å². The summed E-state index contributed by atoms with van der Waals surface area (Å²) in [6.45, 7) is 0. The Balaban J connectivity index is 2.00. The number of carboxylic acid groups (broad SMARTS) is 1. The van der Waals surface area contributed by atoms with Crippen LogP contribution in [0.2, 0.25) is 0 Å². The van der Waals surface area contributed by atoms with Crippen LogP contribution >= 0.6 is 34.9 Å². The Morgan fingerprint density at radius 1 is 1.44 bits per heavy atom. The van der Waals surface area contributed by atoms with Gasteiger partial charge in [0.15, 0.2) is 8.68 Å². The number of rotatable bonds is 4. The van der Waals surface area contributed by atoms with Crippen LogP contribution in [-0.4, -0.2) is 32.8 Å². The Morgan fingerprint density at radius 2 is 2.19 bits per heavy atom. The first kappa shape index (κ1) is 12.2. The maximum atomic E-state index is 11.0. The molecule has 0 aromatic carbocycles. The van der Waals surface area contributed by atoms with Gasteiger partial charge in [-0.2, -0.15) is 0 Å². The van der Waals surface area contributed by atoms with Crippen molar-refractivity contribution in [3.63, 3.8) is 0 Å². The van der Waals surface area contributed by atoms with E-state index in [1.54, 1.807) is 34.9 Å². The Labute approximate surface area is 106 Å². The maximum Gasteiger partial charge on any atom is 0.307 e. The molecule has 0 spiro atoms. The quantitative estimate of drug-likeness (QED) is 0.853.